The minimum absolute atomic E-state index is 0.374. The number of aryl methyl sites for hydroxylation is 2. The van der Waals surface area contributed by atoms with E-state index in [2.05, 4.69) is 28.2 Å². The van der Waals surface area contributed by atoms with Gasteiger partial charge in [0.05, 0.1) is 23.8 Å². The van der Waals surface area contributed by atoms with E-state index >= 15 is 0 Å². The third-order valence-electron chi connectivity index (χ3n) is 2.41. The second kappa shape index (κ2) is 4.65. The smallest absolute Gasteiger partial charge is 0.142 e. The summed E-state index contributed by atoms with van der Waals surface area (Å²) in [5, 5.41) is 8.53. The summed E-state index contributed by atoms with van der Waals surface area (Å²) in [7, 11) is 0. The molecule has 86 valence electrons. The molecule has 0 atom stereocenters. The van der Waals surface area contributed by atoms with Crippen molar-refractivity contribution < 1.29 is 0 Å². The number of hydrogen-bond acceptors (Lipinski definition) is 3. The molecule has 2 heterocycles. The maximum atomic E-state index is 5.77. The molecule has 16 heavy (non-hydrogen) atoms. The van der Waals surface area contributed by atoms with Crippen LogP contribution in [0.3, 0.4) is 0 Å². The van der Waals surface area contributed by atoms with Gasteiger partial charge in [0.2, 0.25) is 0 Å². The molecule has 0 aliphatic carbocycles. The van der Waals surface area contributed by atoms with E-state index in [1.54, 1.807) is 4.68 Å². The lowest BCUT2D eigenvalue weighted by atomic mass is 10.3. The predicted octanol–water partition coefficient (Wildman–Crippen LogP) is 1.59. The van der Waals surface area contributed by atoms with Crippen LogP contribution in [-0.4, -0.2) is 24.5 Å². The lowest BCUT2D eigenvalue weighted by molar-refractivity contribution is 0.566. The highest BCUT2D eigenvalue weighted by Crippen LogP contribution is 2.08. The van der Waals surface area contributed by atoms with Gasteiger partial charge in [0.15, 0.2) is 0 Å². The van der Waals surface area contributed by atoms with Crippen molar-refractivity contribution in [1.82, 2.24) is 24.5 Å². The van der Waals surface area contributed by atoms with Crippen molar-refractivity contribution in [1.29, 1.82) is 0 Å². The highest BCUT2D eigenvalue weighted by atomic mass is 35.5. The molecule has 0 amide bonds. The van der Waals surface area contributed by atoms with E-state index in [1.807, 2.05) is 11.6 Å². The van der Waals surface area contributed by atoms with Gasteiger partial charge in [0.1, 0.15) is 12.2 Å². The van der Waals surface area contributed by atoms with Crippen molar-refractivity contribution in [2.75, 3.05) is 0 Å². The largest absolute Gasteiger partial charge is 0.268 e. The van der Waals surface area contributed by atoms with E-state index in [0.717, 1.165) is 23.8 Å². The lowest BCUT2D eigenvalue weighted by Crippen LogP contribution is -2.11. The Morgan fingerprint density at radius 1 is 1.38 bits per heavy atom. The highest BCUT2D eigenvalue weighted by Gasteiger charge is 2.08. The fraction of sp³-hybridized carbons (Fsp3) is 0.500. The van der Waals surface area contributed by atoms with Crippen molar-refractivity contribution >= 4 is 11.6 Å². The Labute approximate surface area is 99.1 Å². The average molecular weight is 240 g/mol. The third-order valence-corrected chi connectivity index (χ3v) is 2.65. The van der Waals surface area contributed by atoms with Crippen molar-refractivity contribution in [2.24, 2.45) is 0 Å². The first kappa shape index (κ1) is 11.1. The third kappa shape index (κ3) is 2.09. The molecule has 6 heteroatoms. The number of alkyl halides is 1. The highest BCUT2D eigenvalue weighted by molar-refractivity contribution is 6.16. The maximum absolute atomic E-state index is 5.77. The number of hydrogen-bond donors (Lipinski definition) is 0. The molecule has 0 radical (unpaired) electrons. The fourth-order valence-corrected chi connectivity index (χ4v) is 1.88. The molecule has 0 bridgehead atoms. The molecule has 0 spiro atoms. The zero-order chi connectivity index (χ0) is 11.5. The molecule has 0 aliphatic rings. The van der Waals surface area contributed by atoms with Gasteiger partial charge in [-0.05, 0) is 19.9 Å². The van der Waals surface area contributed by atoms with Gasteiger partial charge in [0, 0.05) is 6.54 Å². The van der Waals surface area contributed by atoms with Gasteiger partial charge >= 0.3 is 0 Å². The first-order chi connectivity index (χ1) is 7.74. The zero-order valence-corrected chi connectivity index (χ0v) is 10.1. The quantitative estimate of drug-likeness (QED) is 0.762. The van der Waals surface area contributed by atoms with Crippen LogP contribution in [-0.2, 0) is 19.0 Å². The van der Waals surface area contributed by atoms with E-state index < -0.39 is 0 Å². The molecule has 5 nitrogen and oxygen atoms in total. The summed E-state index contributed by atoms with van der Waals surface area (Å²) in [5.74, 6) is 1.15. The molecule has 0 fully saturated rings. The monoisotopic (exact) mass is 239 g/mol. The molecule has 0 saturated carbocycles. The molecule has 2 rings (SSSR count). The Bertz CT molecular complexity index is 473. The summed E-state index contributed by atoms with van der Waals surface area (Å²) in [6.07, 6.45) is 1.53. The fourth-order valence-electron chi connectivity index (χ4n) is 1.68. The van der Waals surface area contributed by atoms with Crippen LogP contribution in [0.2, 0.25) is 0 Å². The molecule has 0 aromatic carbocycles. The van der Waals surface area contributed by atoms with Crippen LogP contribution in [0.15, 0.2) is 12.4 Å². The van der Waals surface area contributed by atoms with Crippen LogP contribution in [0.1, 0.15) is 24.1 Å². The first-order valence-corrected chi connectivity index (χ1v) is 5.74. The second-order valence-corrected chi connectivity index (χ2v) is 3.83. The Morgan fingerprint density at radius 2 is 2.19 bits per heavy atom. The van der Waals surface area contributed by atoms with Crippen LogP contribution in [0.5, 0.6) is 0 Å². The van der Waals surface area contributed by atoms with E-state index in [1.165, 1.54) is 6.33 Å². The van der Waals surface area contributed by atoms with E-state index in [0.29, 0.717) is 12.4 Å². The SMILES string of the molecule is CCn1nc(C)cc1Cn1ncnc1CCl. The number of halogens is 1. The van der Waals surface area contributed by atoms with Crippen LogP contribution in [0, 0.1) is 6.92 Å². The molecular weight excluding hydrogens is 226 g/mol. The van der Waals surface area contributed by atoms with E-state index in [-0.39, 0.29) is 0 Å². The lowest BCUT2D eigenvalue weighted by Gasteiger charge is -2.06. The Kier molecular flexibility index (Phi) is 3.24. The Hall–Kier alpha value is -1.36. The Morgan fingerprint density at radius 3 is 2.88 bits per heavy atom. The van der Waals surface area contributed by atoms with Crippen LogP contribution >= 0.6 is 11.6 Å². The molecule has 0 unspecified atom stereocenters. The zero-order valence-electron chi connectivity index (χ0n) is 9.39. The van der Waals surface area contributed by atoms with Gasteiger partial charge in [-0.2, -0.15) is 10.2 Å². The molecule has 0 saturated heterocycles. The van der Waals surface area contributed by atoms with Crippen molar-refractivity contribution in [3.05, 3.63) is 29.6 Å². The number of nitrogens with zero attached hydrogens (tertiary/aromatic N) is 5. The minimum atomic E-state index is 0.374. The molecular formula is C10H14ClN5. The second-order valence-electron chi connectivity index (χ2n) is 3.56. The van der Waals surface area contributed by atoms with Crippen molar-refractivity contribution in [3.63, 3.8) is 0 Å². The summed E-state index contributed by atoms with van der Waals surface area (Å²) >= 11 is 5.77. The van der Waals surface area contributed by atoms with Gasteiger partial charge < -0.3 is 0 Å². The predicted molar refractivity (Wildman–Crippen MR) is 61.3 cm³/mol. The summed E-state index contributed by atoms with van der Waals surface area (Å²) < 4.78 is 3.77. The van der Waals surface area contributed by atoms with Gasteiger partial charge in [-0.25, -0.2) is 9.67 Å². The van der Waals surface area contributed by atoms with Gasteiger partial charge in [0.25, 0.3) is 0 Å². The maximum Gasteiger partial charge on any atom is 0.142 e. The van der Waals surface area contributed by atoms with Crippen LogP contribution in [0.4, 0.5) is 0 Å². The first-order valence-electron chi connectivity index (χ1n) is 5.20. The average Bonchev–Trinajstić information content (AvgIpc) is 2.85. The van der Waals surface area contributed by atoms with Gasteiger partial charge in [-0.1, -0.05) is 0 Å². The standard InChI is InChI=1S/C10H14ClN5/c1-3-15-9(4-8(2)14-15)6-16-10(5-11)12-7-13-16/h4,7H,3,5-6H2,1-2H3. The summed E-state index contributed by atoms with van der Waals surface area (Å²) in [5.41, 5.74) is 2.14. The Balaban J connectivity index is 2.26. The normalized spacial score (nSPS) is 10.9. The van der Waals surface area contributed by atoms with Crippen molar-refractivity contribution in [3.8, 4) is 0 Å². The number of aromatic nitrogens is 5. The van der Waals surface area contributed by atoms with E-state index in [4.69, 9.17) is 11.6 Å². The van der Waals surface area contributed by atoms with Gasteiger partial charge in [-0.3, -0.25) is 4.68 Å². The van der Waals surface area contributed by atoms with E-state index in [9.17, 15) is 0 Å². The molecule has 0 aliphatic heterocycles. The minimum Gasteiger partial charge on any atom is -0.268 e. The van der Waals surface area contributed by atoms with Crippen LogP contribution in [0.25, 0.3) is 0 Å². The van der Waals surface area contributed by atoms with Gasteiger partial charge in [-0.15, -0.1) is 11.6 Å². The summed E-state index contributed by atoms with van der Waals surface area (Å²) in [6.45, 7) is 5.57. The molecule has 0 N–H and O–H groups in total. The molecule has 2 aromatic rings. The summed E-state index contributed by atoms with van der Waals surface area (Å²) in [6, 6.07) is 2.06. The topological polar surface area (TPSA) is 48.5 Å². The van der Waals surface area contributed by atoms with Crippen molar-refractivity contribution in [2.45, 2.75) is 32.8 Å². The summed E-state index contributed by atoms with van der Waals surface area (Å²) in [4.78, 5) is 4.08. The molecule has 2 aromatic heterocycles. The number of rotatable bonds is 4. The van der Waals surface area contributed by atoms with Crippen LogP contribution < -0.4 is 0 Å².